The van der Waals surface area contributed by atoms with E-state index >= 15 is 0 Å². The Bertz CT molecular complexity index is 644. The number of allylic oxidation sites excluding steroid dienone is 1. The van der Waals surface area contributed by atoms with E-state index in [0.717, 1.165) is 20.7 Å². The Balaban J connectivity index is 2.74. The number of nitrogens with zero attached hydrogens (tertiary/aromatic N) is 2. The van der Waals surface area contributed by atoms with Crippen molar-refractivity contribution in [3.8, 4) is 6.07 Å². The number of nitriles is 1. The van der Waals surface area contributed by atoms with Crippen LogP contribution in [0.5, 0.6) is 0 Å². The Morgan fingerprint density at radius 1 is 1.47 bits per heavy atom. The lowest BCUT2D eigenvalue weighted by Gasteiger charge is -1.96. The molecule has 3 nitrogen and oxygen atoms in total. The van der Waals surface area contributed by atoms with E-state index in [4.69, 9.17) is 5.73 Å². The van der Waals surface area contributed by atoms with Crippen LogP contribution in [0.3, 0.4) is 0 Å². The fourth-order valence-electron chi connectivity index (χ4n) is 1.68. The number of aliphatic imine (C=N–C) groups is 1. The summed E-state index contributed by atoms with van der Waals surface area (Å²) in [5.74, 6) is 0. The van der Waals surface area contributed by atoms with Gasteiger partial charge in [-0.05, 0) is 18.3 Å². The zero-order valence-electron chi connectivity index (χ0n) is 9.34. The van der Waals surface area contributed by atoms with Crippen LogP contribution in [-0.4, -0.2) is 12.8 Å². The standard InChI is InChI=1S/C13H11N3S/c1-16-11(6-7-14)13-10(8-15)9-4-2-3-5-12(9)17-13/h2-7H,14H2,1H3. The Hall–Kier alpha value is -2.12. The van der Waals surface area contributed by atoms with Crippen molar-refractivity contribution in [2.75, 3.05) is 7.05 Å². The molecular weight excluding hydrogens is 230 g/mol. The van der Waals surface area contributed by atoms with Gasteiger partial charge >= 0.3 is 0 Å². The molecule has 0 aliphatic carbocycles. The van der Waals surface area contributed by atoms with Crippen LogP contribution in [0.25, 0.3) is 10.1 Å². The van der Waals surface area contributed by atoms with Gasteiger partial charge in [0, 0.05) is 17.1 Å². The maximum atomic E-state index is 9.26. The normalized spacial score (nSPS) is 12.1. The summed E-state index contributed by atoms with van der Waals surface area (Å²) < 4.78 is 1.09. The van der Waals surface area contributed by atoms with Crippen LogP contribution in [0, 0.1) is 11.3 Å². The minimum Gasteiger partial charge on any atom is -0.405 e. The lowest BCUT2D eigenvalue weighted by Crippen LogP contribution is -1.97. The first-order valence-electron chi connectivity index (χ1n) is 5.09. The van der Waals surface area contributed by atoms with Crippen molar-refractivity contribution in [1.82, 2.24) is 0 Å². The van der Waals surface area contributed by atoms with Crippen molar-refractivity contribution >= 4 is 27.1 Å². The third kappa shape index (κ3) is 1.93. The van der Waals surface area contributed by atoms with E-state index in [2.05, 4.69) is 11.1 Å². The van der Waals surface area contributed by atoms with E-state index in [9.17, 15) is 5.26 Å². The van der Waals surface area contributed by atoms with E-state index in [0.29, 0.717) is 5.56 Å². The summed E-state index contributed by atoms with van der Waals surface area (Å²) in [6, 6.07) is 10.1. The molecule has 1 aromatic heterocycles. The molecule has 1 heterocycles. The fraction of sp³-hybridized carbons (Fsp3) is 0.0769. The molecule has 4 heteroatoms. The molecule has 0 saturated carbocycles. The van der Waals surface area contributed by atoms with E-state index in [1.165, 1.54) is 6.20 Å². The highest BCUT2D eigenvalue weighted by atomic mass is 32.1. The third-order valence-corrected chi connectivity index (χ3v) is 3.63. The van der Waals surface area contributed by atoms with Crippen molar-refractivity contribution in [1.29, 1.82) is 5.26 Å². The van der Waals surface area contributed by atoms with Crippen LogP contribution in [0.1, 0.15) is 10.4 Å². The SMILES string of the molecule is CN=C(C=CN)c1sc2ccccc2c1C#N. The van der Waals surface area contributed by atoms with Crippen molar-refractivity contribution in [3.05, 3.63) is 47.0 Å². The predicted octanol–water partition coefficient (Wildman–Crippen LogP) is 2.66. The highest BCUT2D eigenvalue weighted by Gasteiger charge is 2.14. The van der Waals surface area contributed by atoms with Crippen LogP contribution >= 0.6 is 11.3 Å². The van der Waals surface area contributed by atoms with Crippen LogP contribution in [0.4, 0.5) is 0 Å². The van der Waals surface area contributed by atoms with E-state index < -0.39 is 0 Å². The third-order valence-electron chi connectivity index (χ3n) is 2.43. The van der Waals surface area contributed by atoms with Gasteiger partial charge in [0.2, 0.25) is 0 Å². The fourth-order valence-corrected chi connectivity index (χ4v) is 2.85. The average molecular weight is 241 g/mol. The average Bonchev–Trinajstić information content (AvgIpc) is 2.74. The molecule has 0 aliphatic heterocycles. The maximum Gasteiger partial charge on any atom is 0.101 e. The Morgan fingerprint density at radius 2 is 2.24 bits per heavy atom. The Kier molecular flexibility index (Phi) is 3.22. The molecule has 0 fully saturated rings. The highest BCUT2D eigenvalue weighted by molar-refractivity contribution is 7.21. The summed E-state index contributed by atoms with van der Waals surface area (Å²) in [6.45, 7) is 0. The number of hydrogen-bond donors (Lipinski definition) is 1. The molecule has 0 saturated heterocycles. The van der Waals surface area contributed by atoms with E-state index in [1.807, 2.05) is 24.3 Å². The van der Waals surface area contributed by atoms with Gasteiger partial charge in [0.25, 0.3) is 0 Å². The maximum absolute atomic E-state index is 9.26. The second-order valence-electron chi connectivity index (χ2n) is 3.38. The Morgan fingerprint density at radius 3 is 2.88 bits per heavy atom. The van der Waals surface area contributed by atoms with Gasteiger partial charge in [0.15, 0.2) is 0 Å². The van der Waals surface area contributed by atoms with Crippen molar-refractivity contribution in [3.63, 3.8) is 0 Å². The van der Waals surface area contributed by atoms with Gasteiger partial charge in [-0.25, -0.2) is 0 Å². The van der Waals surface area contributed by atoms with Crippen LogP contribution in [-0.2, 0) is 0 Å². The van der Waals surface area contributed by atoms with Crippen LogP contribution in [0.15, 0.2) is 41.5 Å². The van der Waals surface area contributed by atoms with Gasteiger partial charge in [-0.2, -0.15) is 5.26 Å². The van der Waals surface area contributed by atoms with Crippen molar-refractivity contribution in [2.45, 2.75) is 0 Å². The molecule has 0 amide bonds. The van der Waals surface area contributed by atoms with Crippen LogP contribution < -0.4 is 5.73 Å². The first-order valence-corrected chi connectivity index (χ1v) is 5.90. The molecule has 84 valence electrons. The largest absolute Gasteiger partial charge is 0.405 e. The predicted molar refractivity (Wildman–Crippen MR) is 72.3 cm³/mol. The summed E-state index contributed by atoms with van der Waals surface area (Å²) in [5, 5.41) is 10.2. The second kappa shape index (κ2) is 4.81. The summed E-state index contributed by atoms with van der Waals surface area (Å²) in [5.41, 5.74) is 6.80. The van der Waals surface area contributed by atoms with Gasteiger partial charge in [-0.3, -0.25) is 4.99 Å². The zero-order chi connectivity index (χ0) is 12.3. The molecule has 0 bridgehead atoms. The monoisotopic (exact) mass is 241 g/mol. The molecular formula is C13H11N3S. The zero-order valence-corrected chi connectivity index (χ0v) is 10.2. The van der Waals surface area contributed by atoms with Crippen LogP contribution in [0.2, 0.25) is 0 Å². The van der Waals surface area contributed by atoms with Crippen molar-refractivity contribution < 1.29 is 0 Å². The molecule has 0 spiro atoms. The molecule has 2 aromatic rings. The molecule has 0 atom stereocenters. The van der Waals surface area contributed by atoms with Gasteiger partial charge in [0.05, 0.1) is 16.2 Å². The summed E-state index contributed by atoms with van der Waals surface area (Å²) in [7, 11) is 1.70. The minimum absolute atomic E-state index is 0.671. The van der Waals surface area contributed by atoms with Gasteiger partial charge in [-0.15, -0.1) is 11.3 Å². The minimum atomic E-state index is 0.671. The molecule has 0 unspecified atom stereocenters. The quantitative estimate of drug-likeness (QED) is 0.821. The summed E-state index contributed by atoms with van der Waals surface area (Å²) >= 11 is 1.56. The van der Waals surface area contributed by atoms with Crippen molar-refractivity contribution in [2.24, 2.45) is 10.7 Å². The summed E-state index contributed by atoms with van der Waals surface area (Å²) in [4.78, 5) is 5.03. The molecule has 2 N–H and O–H groups in total. The number of thiophene rings is 1. The summed E-state index contributed by atoms with van der Waals surface area (Å²) in [6.07, 6.45) is 3.15. The number of hydrogen-bond acceptors (Lipinski definition) is 4. The first kappa shape index (κ1) is 11.4. The second-order valence-corrected chi connectivity index (χ2v) is 4.43. The molecule has 1 aromatic carbocycles. The number of nitrogens with two attached hydrogens (primary N) is 1. The van der Waals surface area contributed by atoms with Gasteiger partial charge < -0.3 is 5.73 Å². The number of benzene rings is 1. The molecule has 0 radical (unpaired) electrons. The van der Waals surface area contributed by atoms with E-state index in [1.54, 1.807) is 24.5 Å². The first-order chi connectivity index (χ1) is 8.31. The lowest BCUT2D eigenvalue weighted by molar-refractivity contribution is 1.44. The smallest absolute Gasteiger partial charge is 0.101 e. The molecule has 0 aliphatic rings. The highest BCUT2D eigenvalue weighted by Crippen LogP contribution is 2.31. The van der Waals surface area contributed by atoms with Gasteiger partial charge in [0.1, 0.15) is 6.07 Å². The Labute approximate surface area is 104 Å². The topological polar surface area (TPSA) is 62.2 Å². The number of rotatable bonds is 2. The van der Waals surface area contributed by atoms with E-state index in [-0.39, 0.29) is 0 Å². The lowest BCUT2D eigenvalue weighted by atomic mass is 10.1. The van der Waals surface area contributed by atoms with Gasteiger partial charge in [-0.1, -0.05) is 18.2 Å². The number of fused-ring (bicyclic) bond motifs is 1. The molecule has 17 heavy (non-hydrogen) atoms. The molecule has 2 rings (SSSR count).